The number of morpholine rings is 1. The number of carbonyl (C=O) groups is 1. The first kappa shape index (κ1) is 23.4. The van der Waals surface area contributed by atoms with Crippen LogP contribution in [0.5, 0.6) is 0 Å². The molecule has 9 nitrogen and oxygen atoms in total. The van der Waals surface area contributed by atoms with Crippen LogP contribution in [0.2, 0.25) is 0 Å². The van der Waals surface area contributed by atoms with Crippen LogP contribution in [0.4, 0.5) is 10.3 Å². The molecule has 0 atom stereocenters. The predicted octanol–water partition coefficient (Wildman–Crippen LogP) is 2.16. The van der Waals surface area contributed by atoms with Crippen molar-refractivity contribution in [1.82, 2.24) is 25.5 Å². The summed E-state index contributed by atoms with van der Waals surface area (Å²) in [6.07, 6.45) is 0.989. The molecule has 2 aliphatic rings. The molecule has 188 valence electrons. The molecule has 0 saturated carbocycles. The van der Waals surface area contributed by atoms with Gasteiger partial charge in [-0.3, -0.25) is 9.59 Å². The first-order valence-corrected chi connectivity index (χ1v) is 12.3. The second-order valence-electron chi connectivity index (χ2n) is 9.19. The SMILES string of the molecule is O=C(c1cc(Cc2n[nH]c(=O)c3ccccc23)ccc1F)c1nc(N2CCOCC2)nc2c1CNCC2. The van der Waals surface area contributed by atoms with Crippen molar-refractivity contribution in [2.45, 2.75) is 19.4 Å². The number of anilines is 1. The zero-order chi connectivity index (χ0) is 25.4. The largest absolute Gasteiger partial charge is 0.378 e. The third kappa shape index (κ3) is 4.49. The molecule has 37 heavy (non-hydrogen) atoms. The first-order chi connectivity index (χ1) is 18.1. The molecular weight excluding hydrogens is 475 g/mol. The van der Waals surface area contributed by atoms with Gasteiger partial charge in [-0.25, -0.2) is 19.5 Å². The fourth-order valence-electron chi connectivity index (χ4n) is 4.91. The van der Waals surface area contributed by atoms with Crippen molar-refractivity contribution in [3.63, 3.8) is 0 Å². The molecule has 4 aromatic rings. The number of rotatable bonds is 5. The molecule has 0 unspecified atom stereocenters. The van der Waals surface area contributed by atoms with Crippen LogP contribution in [0.15, 0.2) is 47.3 Å². The average Bonchev–Trinajstić information content (AvgIpc) is 2.95. The minimum absolute atomic E-state index is 0.0503. The maximum absolute atomic E-state index is 15.1. The van der Waals surface area contributed by atoms with E-state index in [0.717, 1.165) is 17.6 Å². The van der Waals surface area contributed by atoms with Crippen LogP contribution < -0.4 is 15.8 Å². The van der Waals surface area contributed by atoms with Gasteiger partial charge < -0.3 is 15.0 Å². The third-order valence-corrected chi connectivity index (χ3v) is 6.85. The van der Waals surface area contributed by atoms with Crippen LogP contribution in [0.1, 0.15) is 38.6 Å². The number of ether oxygens (including phenoxy) is 1. The molecule has 2 aromatic carbocycles. The fraction of sp³-hybridized carbons (Fsp3) is 0.296. The summed E-state index contributed by atoms with van der Waals surface area (Å²) >= 11 is 0. The summed E-state index contributed by atoms with van der Waals surface area (Å²) in [5.41, 5.74) is 2.77. The van der Waals surface area contributed by atoms with Crippen molar-refractivity contribution in [1.29, 1.82) is 0 Å². The number of ketones is 1. The summed E-state index contributed by atoms with van der Waals surface area (Å²) in [4.78, 5) is 37.3. The molecule has 2 aliphatic heterocycles. The van der Waals surface area contributed by atoms with E-state index < -0.39 is 11.6 Å². The van der Waals surface area contributed by atoms with Gasteiger partial charge in [0, 0.05) is 50.0 Å². The minimum atomic E-state index is -0.614. The Morgan fingerprint density at radius 2 is 1.89 bits per heavy atom. The number of hydrogen-bond donors (Lipinski definition) is 2. The van der Waals surface area contributed by atoms with E-state index in [2.05, 4.69) is 20.5 Å². The number of aromatic amines is 1. The topological polar surface area (TPSA) is 113 Å². The average molecular weight is 501 g/mol. The molecule has 2 aromatic heterocycles. The standard InChI is InChI=1S/C27H25FN6O3/c28-21-6-5-16(14-23-17-3-1-2-4-18(17)26(36)33-32-23)13-19(21)25(35)24-20-15-29-8-7-22(20)30-27(31-24)34-9-11-37-12-10-34/h1-6,13,29H,7-12,14-15H2,(H,33,36). The van der Waals surface area contributed by atoms with Crippen LogP contribution in [0.25, 0.3) is 10.8 Å². The van der Waals surface area contributed by atoms with Gasteiger partial charge in [0.05, 0.1) is 35.6 Å². The molecule has 0 radical (unpaired) electrons. The van der Waals surface area contributed by atoms with E-state index >= 15 is 4.39 Å². The molecule has 0 aliphatic carbocycles. The summed E-state index contributed by atoms with van der Waals surface area (Å²) in [7, 11) is 0. The number of hydrogen-bond acceptors (Lipinski definition) is 8. The zero-order valence-corrected chi connectivity index (χ0v) is 20.1. The third-order valence-electron chi connectivity index (χ3n) is 6.85. The Morgan fingerprint density at radius 3 is 2.73 bits per heavy atom. The van der Waals surface area contributed by atoms with E-state index in [0.29, 0.717) is 73.8 Å². The highest BCUT2D eigenvalue weighted by Gasteiger charge is 2.27. The zero-order valence-electron chi connectivity index (χ0n) is 20.1. The van der Waals surface area contributed by atoms with Crippen molar-refractivity contribution in [2.24, 2.45) is 0 Å². The molecule has 1 fully saturated rings. The number of nitrogens with zero attached hydrogens (tertiary/aromatic N) is 4. The Balaban J connectivity index is 1.38. The number of carbonyl (C=O) groups excluding carboxylic acids is 1. The van der Waals surface area contributed by atoms with Crippen LogP contribution in [0.3, 0.4) is 0 Å². The Morgan fingerprint density at radius 1 is 1.08 bits per heavy atom. The van der Waals surface area contributed by atoms with Crippen molar-refractivity contribution in [3.05, 3.63) is 92.4 Å². The van der Waals surface area contributed by atoms with E-state index in [4.69, 9.17) is 9.72 Å². The Bertz CT molecular complexity index is 1560. The van der Waals surface area contributed by atoms with E-state index in [1.54, 1.807) is 24.3 Å². The number of aromatic nitrogens is 4. The van der Waals surface area contributed by atoms with Crippen molar-refractivity contribution >= 4 is 22.5 Å². The molecule has 1 saturated heterocycles. The molecule has 0 spiro atoms. The van der Waals surface area contributed by atoms with Gasteiger partial charge in [-0.2, -0.15) is 5.10 Å². The Kier molecular flexibility index (Phi) is 6.19. The van der Waals surface area contributed by atoms with Crippen molar-refractivity contribution in [2.75, 3.05) is 37.7 Å². The van der Waals surface area contributed by atoms with Crippen LogP contribution in [-0.2, 0) is 24.1 Å². The van der Waals surface area contributed by atoms with E-state index in [-0.39, 0.29) is 16.8 Å². The Hall–Kier alpha value is -4.02. The molecular formula is C27H25FN6O3. The lowest BCUT2D eigenvalue weighted by molar-refractivity contribution is 0.102. The summed E-state index contributed by atoms with van der Waals surface area (Å²) in [5.74, 6) is -0.611. The normalized spacial score (nSPS) is 15.5. The van der Waals surface area contributed by atoms with E-state index in [9.17, 15) is 9.59 Å². The molecule has 0 amide bonds. The molecule has 0 bridgehead atoms. The summed E-state index contributed by atoms with van der Waals surface area (Å²) < 4.78 is 20.5. The smallest absolute Gasteiger partial charge is 0.272 e. The monoisotopic (exact) mass is 500 g/mol. The summed E-state index contributed by atoms with van der Waals surface area (Å²) in [6, 6.07) is 11.7. The van der Waals surface area contributed by atoms with Crippen molar-refractivity contribution < 1.29 is 13.9 Å². The van der Waals surface area contributed by atoms with Crippen molar-refractivity contribution in [3.8, 4) is 0 Å². The number of H-pyrrole nitrogens is 1. The highest BCUT2D eigenvalue weighted by molar-refractivity contribution is 6.09. The summed E-state index contributed by atoms with van der Waals surface area (Å²) in [6.45, 7) is 3.60. The lowest BCUT2D eigenvalue weighted by atomic mass is 9.96. The quantitative estimate of drug-likeness (QED) is 0.401. The van der Waals surface area contributed by atoms with Gasteiger partial charge in [-0.15, -0.1) is 0 Å². The number of halogens is 1. The van der Waals surface area contributed by atoms with Gasteiger partial charge in [0.2, 0.25) is 11.7 Å². The van der Waals surface area contributed by atoms with Gasteiger partial charge in [-0.05, 0) is 23.8 Å². The van der Waals surface area contributed by atoms with Gasteiger partial charge in [0.25, 0.3) is 5.56 Å². The van der Waals surface area contributed by atoms with Gasteiger partial charge in [0.15, 0.2) is 0 Å². The number of fused-ring (bicyclic) bond motifs is 2. The van der Waals surface area contributed by atoms with Gasteiger partial charge in [0.1, 0.15) is 11.5 Å². The predicted molar refractivity (Wildman–Crippen MR) is 135 cm³/mol. The lowest BCUT2D eigenvalue weighted by Crippen LogP contribution is -2.38. The van der Waals surface area contributed by atoms with Crippen LogP contribution in [-0.4, -0.2) is 58.8 Å². The minimum Gasteiger partial charge on any atom is -0.378 e. The maximum Gasteiger partial charge on any atom is 0.272 e. The molecule has 2 N–H and O–H groups in total. The molecule has 4 heterocycles. The van der Waals surface area contributed by atoms with E-state index in [1.165, 1.54) is 6.07 Å². The van der Waals surface area contributed by atoms with E-state index in [1.807, 2.05) is 17.0 Å². The Labute approximate surface area is 211 Å². The summed E-state index contributed by atoms with van der Waals surface area (Å²) in [5, 5.41) is 11.3. The fourth-order valence-corrected chi connectivity index (χ4v) is 4.91. The second kappa shape index (κ2) is 9.79. The molecule has 10 heteroatoms. The van der Waals surface area contributed by atoms with Crippen LogP contribution in [0, 0.1) is 5.82 Å². The van der Waals surface area contributed by atoms with Gasteiger partial charge in [-0.1, -0.05) is 24.3 Å². The first-order valence-electron chi connectivity index (χ1n) is 12.3. The highest BCUT2D eigenvalue weighted by Crippen LogP contribution is 2.25. The van der Waals surface area contributed by atoms with Crippen LogP contribution >= 0.6 is 0 Å². The second-order valence-corrected chi connectivity index (χ2v) is 9.19. The number of nitrogens with one attached hydrogen (secondary N) is 2. The number of benzene rings is 2. The lowest BCUT2D eigenvalue weighted by Gasteiger charge is -2.29. The molecule has 6 rings (SSSR count). The van der Waals surface area contributed by atoms with Gasteiger partial charge >= 0.3 is 0 Å². The maximum atomic E-state index is 15.1. The highest BCUT2D eigenvalue weighted by atomic mass is 19.1.